The van der Waals surface area contributed by atoms with Crippen LogP contribution in [0.4, 0.5) is 0 Å². The first-order valence-corrected chi connectivity index (χ1v) is 16.6. The Bertz CT molecular complexity index is 1260. The highest BCUT2D eigenvalue weighted by atomic mass is 16.9. The van der Waals surface area contributed by atoms with Gasteiger partial charge in [-0.1, -0.05) is 19.1 Å². The Morgan fingerprint density at radius 1 is 0.667 bits per heavy atom. The monoisotopic (exact) mass is 729 g/mol. The molecule has 0 heterocycles. The van der Waals surface area contributed by atoms with E-state index in [1.54, 1.807) is 6.92 Å². The summed E-state index contributed by atoms with van der Waals surface area (Å²) in [6.45, 7) is -0.809. The molecule has 0 aliphatic rings. The maximum atomic E-state index is 12.6. The van der Waals surface area contributed by atoms with E-state index in [1.165, 1.54) is 24.3 Å². The second kappa shape index (κ2) is 26.0. The lowest BCUT2D eigenvalue weighted by atomic mass is 9.87. The molecule has 2 N–H and O–H groups in total. The quantitative estimate of drug-likeness (QED) is 0.0314. The zero-order valence-corrected chi connectivity index (χ0v) is 28.7. The zero-order chi connectivity index (χ0) is 37.9. The van der Waals surface area contributed by atoms with Crippen LogP contribution >= 0.6 is 0 Å². The molecule has 0 spiro atoms. The lowest BCUT2D eigenvalue weighted by Gasteiger charge is -2.25. The third kappa shape index (κ3) is 19.2. The molecule has 0 aromatic heterocycles. The van der Waals surface area contributed by atoms with Crippen molar-refractivity contribution >= 4 is 35.8 Å². The number of rotatable bonds is 28. The van der Waals surface area contributed by atoms with E-state index in [-0.39, 0.29) is 57.0 Å². The maximum absolute atomic E-state index is 12.6. The molecule has 1 aromatic carbocycles. The second-order valence-electron chi connectivity index (χ2n) is 11.1. The molecule has 0 bridgehead atoms. The Labute approximate surface area is 294 Å². The first-order chi connectivity index (χ1) is 24.5. The number of hydrogen-bond donors (Lipinski definition) is 2. The van der Waals surface area contributed by atoms with Gasteiger partial charge in [0.05, 0.1) is 39.6 Å². The topological polar surface area (TPSA) is 251 Å². The molecule has 0 saturated heterocycles. The van der Waals surface area contributed by atoms with E-state index < -0.39 is 72.7 Å². The predicted molar refractivity (Wildman–Crippen MR) is 172 cm³/mol. The molecule has 0 unspecified atom stereocenters. The highest BCUT2D eigenvalue weighted by molar-refractivity contribution is 5.94. The van der Waals surface area contributed by atoms with Crippen LogP contribution in [0.3, 0.4) is 0 Å². The van der Waals surface area contributed by atoms with E-state index in [1.807, 2.05) is 0 Å². The highest BCUT2D eigenvalue weighted by Crippen LogP contribution is 2.23. The Kier molecular flexibility index (Phi) is 22.6. The molecule has 0 amide bonds. The number of aliphatic hydroxyl groups excluding tert-OH is 2. The number of nitrogens with zero attached hydrogens (tertiary/aromatic N) is 1. The Hall–Kier alpha value is -4.84. The van der Waals surface area contributed by atoms with Gasteiger partial charge in [0.15, 0.2) is 13.2 Å². The van der Waals surface area contributed by atoms with Crippen molar-refractivity contribution in [2.75, 3.05) is 52.9 Å². The molecule has 0 radical (unpaired) electrons. The standard InChI is InChI=1S/C33H47NO17/c1-2-33(23-35,24-36)32(42)47-19-10-4-6-16-28(38)51-26-14-8-7-13-25(26)31(41)49-22-30(40)48-21-29(39)46-17-9-3-5-15-27(37)45-18-11-12-20-50-34(43)44/h7-8,13-14,35-36H,2-6,9-12,15-24H2,1H3. The summed E-state index contributed by atoms with van der Waals surface area (Å²) in [6.07, 6.45) is 4.01. The van der Waals surface area contributed by atoms with Crippen LogP contribution in [0.15, 0.2) is 24.3 Å². The first-order valence-electron chi connectivity index (χ1n) is 16.6. The largest absolute Gasteiger partial charge is 0.466 e. The Balaban J connectivity index is 2.23. The summed E-state index contributed by atoms with van der Waals surface area (Å²) in [4.78, 5) is 86.7. The van der Waals surface area contributed by atoms with Crippen molar-refractivity contribution in [1.82, 2.24) is 0 Å². The van der Waals surface area contributed by atoms with E-state index in [0.29, 0.717) is 51.4 Å². The smallest absolute Gasteiger partial charge is 0.344 e. The van der Waals surface area contributed by atoms with Gasteiger partial charge in [-0.05, 0) is 69.9 Å². The number of carbonyl (C=O) groups is 6. The van der Waals surface area contributed by atoms with Crippen molar-refractivity contribution in [3.63, 3.8) is 0 Å². The van der Waals surface area contributed by atoms with Crippen molar-refractivity contribution in [1.29, 1.82) is 0 Å². The Morgan fingerprint density at radius 2 is 1.20 bits per heavy atom. The number of carbonyl (C=O) groups excluding carboxylic acids is 6. The lowest BCUT2D eigenvalue weighted by molar-refractivity contribution is -0.757. The summed E-state index contributed by atoms with van der Waals surface area (Å²) >= 11 is 0. The number of ether oxygens (including phenoxy) is 6. The normalized spacial score (nSPS) is 10.8. The molecule has 0 atom stereocenters. The van der Waals surface area contributed by atoms with E-state index in [0.717, 1.165) is 0 Å². The average Bonchev–Trinajstić information content (AvgIpc) is 3.11. The van der Waals surface area contributed by atoms with Gasteiger partial charge >= 0.3 is 35.8 Å². The molecule has 1 rings (SSSR count). The van der Waals surface area contributed by atoms with Gasteiger partial charge in [-0.25, -0.2) is 14.4 Å². The minimum atomic E-state index is -1.34. The fourth-order valence-corrected chi connectivity index (χ4v) is 4.07. The summed E-state index contributed by atoms with van der Waals surface area (Å²) in [7, 11) is 0. The van der Waals surface area contributed by atoms with Crippen molar-refractivity contribution in [3.8, 4) is 5.75 Å². The van der Waals surface area contributed by atoms with Gasteiger partial charge in [-0.2, -0.15) is 0 Å². The number of para-hydroxylation sites is 1. The van der Waals surface area contributed by atoms with Crippen LogP contribution in [0.5, 0.6) is 5.75 Å². The molecule has 0 aliphatic carbocycles. The van der Waals surface area contributed by atoms with E-state index in [9.17, 15) is 49.1 Å². The average molecular weight is 730 g/mol. The first kappa shape index (κ1) is 44.2. The Morgan fingerprint density at radius 3 is 1.82 bits per heavy atom. The SMILES string of the molecule is CCC(CO)(CO)C(=O)OCCCCCC(=O)Oc1ccccc1C(=O)OCC(=O)OCC(=O)OCCCCCC(=O)OCCCCO[N+](=O)[O-]. The summed E-state index contributed by atoms with van der Waals surface area (Å²) < 4.78 is 30.1. The number of esters is 6. The van der Waals surface area contributed by atoms with Crippen LogP contribution in [-0.2, 0) is 52.5 Å². The van der Waals surface area contributed by atoms with Gasteiger partial charge < -0.3 is 43.5 Å². The third-order valence-electron chi connectivity index (χ3n) is 7.26. The number of aliphatic hydroxyl groups is 2. The molecule has 286 valence electrons. The lowest BCUT2D eigenvalue weighted by Crippen LogP contribution is -2.39. The summed E-state index contributed by atoms with van der Waals surface area (Å²) in [5.74, 6) is -4.64. The van der Waals surface area contributed by atoms with Gasteiger partial charge in [-0.3, -0.25) is 14.4 Å². The molecule has 0 fully saturated rings. The molecule has 18 heteroatoms. The summed E-state index contributed by atoms with van der Waals surface area (Å²) in [5, 5.41) is 28.0. The van der Waals surface area contributed by atoms with Gasteiger partial charge in [-0.15, -0.1) is 10.1 Å². The van der Waals surface area contributed by atoms with Crippen molar-refractivity contribution in [3.05, 3.63) is 39.9 Å². The van der Waals surface area contributed by atoms with Crippen molar-refractivity contribution < 1.29 is 77.3 Å². The van der Waals surface area contributed by atoms with E-state index in [4.69, 9.17) is 28.4 Å². The highest BCUT2D eigenvalue weighted by Gasteiger charge is 2.37. The molecular weight excluding hydrogens is 682 g/mol. The molecule has 1 aromatic rings. The van der Waals surface area contributed by atoms with Gasteiger partial charge in [0.1, 0.15) is 16.7 Å². The zero-order valence-electron chi connectivity index (χ0n) is 28.7. The molecule has 18 nitrogen and oxygen atoms in total. The van der Waals surface area contributed by atoms with Crippen LogP contribution in [0.1, 0.15) is 87.9 Å². The minimum absolute atomic E-state index is 0.00458. The van der Waals surface area contributed by atoms with Gasteiger partial charge in [0.25, 0.3) is 5.09 Å². The van der Waals surface area contributed by atoms with Crippen LogP contribution in [0, 0.1) is 15.5 Å². The molecule has 51 heavy (non-hydrogen) atoms. The fraction of sp³-hybridized carbons (Fsp3) is 0.636. The molecule has 0 saturated carbocycles. The minimum Gasteiger partial charge on any atom is -0.466 e. The second-order valence-corrected chi connectivity index (χ2v) is 11.1. The predicted octanol–water partition coefficient (Wildman–Crippen LogP) is 2.41. The number of hydrogen-bond acceptors (Lipinski definition) is 17. The summed E-state index contributed by atoms with van der Waals surface area (Å²) in [5.41, 5.74) is -1.46. The van der Waals surface area contributed by atoms with Crippen LogP contribution < -0.4 is 4.74 Å². The number of unbranched alkanes of at least 4 members (excludes halogenated alkanes) is 5. The fourth-order valence-electron chi connectivity index (χ4n) is 4.07. The van der Waals surface area contributed by atoms with Gasteiger partial charge in [0.2, 0.25) is 0 Å². The molecular formula is C33H47NO17. The van der Waals surface area contributed by atoms with E-state index >= 15 is 0 Å². The number of benzene rings is 1. The summed E-state index contributed by atoms with van der Waals surface area (Å²) in [6, 6.07) is 5.74. The van der Waals surface area contributed by atoms with Gasteiger partial charge in [0, 0.05) is 12.8 Å². The van der Waals surface area contributed by atoms with Crippen molar-refractivity contribution in [2.24, 2.45) is 5.41 Å². The van der Waals surface area contributed by atoms with Crippen LogP contribution in [0.25, 0.3) is 0 Å². The van der Waals surface area contributed by atoms with Crippen LogP contribution in [-0.4, -0.2) is 104 Å². The maximum Gasteiger partial charge on any atom is 0.344 e. The van der Waals surface area contributed by atoms with Crippen LogP contribution in [0.2, 0.25) is 0 Å². The van der Waals surface area contributed by atoms with Crippen molar-refractivity contribution in [2.45, 2.75) is 77.6 Å². The molecule has 0 aliphatic heterocycles. The third-order valence-corrected chi connectivity index (χ3v) is 7.26. The van der Waals surface area contributed by atoms with E-state index in [2.05, 4.69) is 4.84 Å².